The molecule has 27 heavy (non-hydrogen) atoms. The molecule has 0 aliphatic rings. The molecule has 0 saturated carbocycles. The number of amides is 1. The van der Waals surface area contributed by atoms with Crippen molar-refractivity contribution >= 4 is 24.3 Å². The molecule has 2 aromatic rings. The van der Waals surface area contributed by atoms with Crippen molar-refractivity contribution in [3.8, 4) is 5.75 Å². The van der Waals surface area contributed by atoms with Crippen molar-refractivity contribution in [2.45, 2.75) is 19.5 Å². The van der Waals surface area contributed by atoms with Gasteiger partial charge in [0.15, 0.2) is 6.61 Å². The van der Waals surface area contributed by atoms with E-state index in [0.29, 0.717) is 12.3 Å². The number of benzene rings is 2. The largest absolute Gasteiger partial charge is 0.482 e. The van der Waals surface area contributed by atoms with Gasteiger partial charge in [-0.25, -0.2) is 4.79 Å². The van der Waals surface area contributed by atoms with Crippen molar-refractivity contribution in [2.24, 2.45) is 11.7 Å². The number of hydrogen-bond acceptors (Lipinski definition) is 5. The normalized spacial score (nSPS) is 12.3. The fraction of sp³-hybridized carbons (Fsp3) is 0.300. The molecule has 3 N–H and O–H groups in total. The molecule has 146 valence electrons. The van der Waals surface area contributed by atoms with E-state index in [2.05, 4.69) is 10.1 Å². The molecule has 2 unspecified atom stereocenters. The van der Waals surface area contributed by atoms with Crippen molar-refractivity contribution in [3.05, 3.63) is 65.7 Å². The molecule has 2 atom stereocenters. The number of carbonyl (C=O) groups is 2. The number of hydrogen-bond donors (Lipinski definition) is 2. The summed E-state index contributed by atoms with van der Waals surface area (Å²) in [7, 11) is 1.30. The van der Waals surface area contributed by atoms with Crippen molar-refractivity contribution in [1.29, 1.82) is 0 Å². The van der Waals surface area contributed by atoms with Gasteiger partial charge < -0.3 is 20.5 Å². The van der Waals surface area contributed by atoms with Gasteiger partial charge in [0.2, 0.25) is 5.91 Å². The van der Waals surface area contributed by atoms with E-state index in [1.807, 2.05) is 43.3 Å². The van der Waals surface area contributed by atoms with Crippen LogP contribution in [0, 0.1) is 5.92 Å². The summed E-state index contributed by atoms with van der Waals surface area (Å²) in [5.74, 6) is -0.401. The zero-order valence-corrected chi connectivity index (χ0v) is 16.2. The van der Waals surface area contributed by atoms with E-state index in [-0.39, 0.29) is 36.9 Å². The van der Waals surface area contributed by atoms with Crippen LogP contribution >= 0.6 is 12.4 Å². The number of nitrogens with one attached hydrogen (secondary N) is 1. The van der Waals surface area contributed by atoms with E-state index in [1.54, 1.807) is 18.2 Å². The summed E-state index contributed by atoms with van der Waals surface area (Å²) >= 11 is 0. The maximum atomic E-state index is 12.4. The number of esters is 1. The van der Waals surface area contributed by atoms with Crippen LogP contribution in [0.1, 0.15) is 24.1 Å². The molecule has 0 heterocycles. The van der Waals surface area contributed by atoms with Crippen molar-refractivity contribution in [1.82, 2.24) is 5.32 Å². The second-order valence-corrected chi connectivity index (χ2v) is 5.96. The van der Waals surface area contributed by atoms with Crippen LogP contribution in [0.25, 0.3) is 0 Å². The summed E-state index contributed by atoms with van der Waals surface area (Å²) in [6.07, 6.45) is 0. The van der Waals surface area contributed by atoms with Crippen LogP contribution in [0.3, 0.4) is 0 Å². The van der Waals surface area contributed by atoms with Crippen LogP contribution in [0.2, 0.25) is 0 Å². The minimum Gasteiger partial charge on any atom is -0.482 e. The number of carbonyl (C=O) groups excluding carboxylic acids is 2. The van der Waals surface area contributed by atoms with Crippen LogP contribution < -0.4 is 15.8 Å². The summed E-state index contributed by atoms with van der Waals surface area (Å²) in [5.41, 5.74) is 7.98. The lowest BCUT2D eigenvalue weighted by molar-refractivity contribution is -0.142. The molecular formula is C20H25ClN2O4. The van der Waals surface area contributed by atoms with Crippen LogP contribution in [0.15, 0.2) is 54.6 Å². The van der Waals surface area contributed by atoms with Crippen molar-refractivity contribution in [2.75, 3.05) is 13.7 Å². The summed E-state index contributed by atoms with van der Waals surface area (Å²) < 4.78 is 9.88. The molecule has 0 radical (unpaired) electrons. The third-order valence-corrected chi connectivity index (χ3v) is 4.09. The molecule has 0 fully saturated rings. The first kappa shape index (κ1) is 22.5. The summed E-state index contributed by atoms with van der Waals surface area (Å²) in [6.45, 7) is 2.00. The van der Waals surface area contributed by atoms with Gasteiger partial charge in [0.25, 0.3) is 0 Å². The first-order chi connectivity index (χ1) is 12.5. The Labute approximate surface area is 165 Å². The van der Waals surface area contributed by atoms with E-state index in [4.69, 9.17) is 10.5 Å². The zero-order chi connectivity index (χ0) is 18.9. The Morgan fingerprint density at radius 2 is 1.81 bits per heavy atom. The Morgan fingerprint density at radius 3 is 2.48 bits per heavy atom. The highest BCUT2D eigenvalue weighted by Crippen LogP contribution is 2.19. The fourth-order valence-corrected chi connectivity index (χ4v) is 2.42. The van der Waals surface area contributed by atoms with E-state index in [9.17, 15) is 9.59 Å². The number of ether oxygens (including phenoxy) is 2. The zero-order valence-electron chi connectivity index (χ0n) is 15.4. The van der Waals surface area contributed by atoms with Crippen molar-refractivity contribution in [3.63, 3.8) is 0 Å². The first-order valence-electron chi connectivity index (χ1n) is 8.38. The van der Waals surface area contributed by atoms with Crippen LogP contribution in [-0.4, -0.2) is 25.6 Å². The fourth-order valence-electron chi connectivity index (χ4n) is 2.42. The van der Waals surface area contributed by atoms with Crippen molar-refractivity contribution < 1.29 is 19.1 Å². The van der Waals surface area contributed by atoms with E-state index in [1.165, 1.54) is 7.11 Å². The molecule has 0 aromatic heterocycles. The van der Waals surface area contributed by atoms with Crippen LogP contribution in [0.4, 0.5) is 0 Å². The highest BCUT2D eigenvalue weighted by molar-refractivity contribution is 5.85. The molecule has 2 aromatic carbocycles. The SMILES string of the molecule is COC(=O)COc1cccc(CNC(=O)C(C)C(N)c2ccccc2)c1.Cl. The highest BCUT2D eigenvalue weighted by atomic mass is 35.5. The van der Waals surface area contributed by atoms with E-state index < -0.39 is 5.97 Å². The average Bonchev–Trinajstić information content (AvgIpc) is 2.70. The van der Waals surface area contributed by atoms with Gasteiger partial charge in [-0.1, -0.05) is 49.4 Å². The summed E-state index contributed by atoms with van der Waals surface area (Å²) in [5, 5.41) is 2.89. The lowest BCUT2D eigenvalue weighted by Gasteiger charge is -2.20. The molecular weight excluding hydrogens is 368 g/mol. The first-order valence-corrected chi connectivity index (χ1v) is 8.38. The minimum absolute atomic E-state index is 0. The number of halogens is 1. The molecule has 7 heteroatoms. The second kappa shape index (κ2) is 11.2. The average molecular weight is 393 g/mol. The standard InChI is InChI=1S/C20H24N2O4.ClH/c1-14(19(21)16-8-4-3-5-9-16)20(24)22-12-15-7-6-10-17(11-15)26-13-18(23)25-2;/h3-11,14,19H,12-13,21H2,1-2H3,(H,22,24);1H. The minimum atomic E-state index is -0.451. The molecule has 0 aliphatic heterocycles. The number of methoxy groups -OCH3 is 1. The maximum absolute atomic E-state index is 12.4. The van der Waals surface area contributed by atoms with E-state index >= 15 is 0 Å². The third kappa shape index (κ3) is 6.92. The lowest BCUT2D eigenvalue weighted by atomic mass is 9.94. The lowest BCUT2D eigenvalue weighted by Crippen LogP contribution is -2.35. The van der Waals surface area contributed by atoms with Gasteiger partial charge in [-0.3, -0.25) is 4.79 Å². The maximum Gasteiger partial charge on any atom is 0.343 e. The molecule has 0 saturated heterocycles. The van der Waals surface area contributed by atoms with Gasteiger partial charge in [0.05, 0.1) is 13.0 Å². The molecule has 6 nitrogen and oxygen atoms in total. The number of rotatable bonds is 8. The Bertz CT molecular complexity index is 740. The highest BCUT2D eigenvalue weighted by Gasteiger charge is 2.21. The molecule has 0 bridgehead atoms. The van der Waals surface area contributed by atoms with Gasteiger partial charge in [-0.2, -0.15) is 0 Å². The van der Waals surface area contributed by atoms with Crippen LogP contribution in [0.5, 0.6) is 5.75 Å². The quantitative estimate of drug-likeness (QED) is 0.674. The Hall–Kier alpha value is -2.57. The molecule has 2 rings (SSSR count). The summed E-state index contributed by atoms with van der Waals surface area (Å²) in [4.78, 5) is 23.5. The molecule has 0 aliphatic carbocycles. The van der Waals surface area contributed by atoms with E-state index in [0.717, 1.165) is 11.1 Å². The Balaban J connectivity index is 0.00000364. The Morgan fingerprint density at radius 1 is 1.11 bits per heavy atom. The predicted molar refractivity (Wildman–Crippen MR) is 106 cm³/mol. The van der Waals surface area contributed by atoms with Gasteiger partial charge in [-0.15, -0.1) is 12.4 Å². The Kier molecular flexibility index (Phi) is 9.33. The number of nitrogens with two attached hydrogens (primary N) is 1. The third-order valence-electron chi connectivity index (χ3n) is 4.09. The molecule has 0 spiro atoms. The monoisotopic (exact) mass is 392 g/mol. The smallest absolute Gasteiger partial charge is 0.343 e. The molecule has 1 amide bonds. The summed E-state index contributed by atoms with van der Waals surface area (Å²) in [6, 6.07) is 16.3. The topological polar surface area (TPSA) is 90.6 Å². The van der Waals surface area contributed by atoms with Gasteiger partial charge in [0.1, 0.15) is 5.75 Å². The second-order valence-electron chi connectivity index (χ2n) is 5.96. The predicted octanol–water partition coefficient (Wildman–Crippen LogP) is 2.61. The van der Waals surface area contributed by atoms with Gasteiger partial charge >= 0.3 is 5.97 Å². The van der Waals surface area contributed by atoms with Gasteiger partial charge in [0, 0.05) is 12.6 Å². The van der Waals surface area contributed by atoms with Crippen LogP contribution in [-0.2, 0) is 20.9 Å². The van der Waals surface area contributed by atoms with Gasteiger partial charge in [-0.05, 0) is 23.3 Å².